The quantitative estimate of drug-likeness (QED) is 0.752. The fraction of sp³-hybridized carbons (Fsp3) is 0.118. The molecule has 2 heterocycles. The second-order valence-corrected chi connectivity index (χ2v) is 5.06. The highest BCUT2D eigenvalue weighted by Gasteiger charge is 2.08. The fourth-order valence-corrected chi connectivity index (χ4v) is 2.23. The molecule has 0 aliphatic rings. The van der Waals surface area contributed by atoms with E-state index in [0.717, 1.165) is 5.65 Å². The Hall–Kier alpha value is -2.95. The first-order valence-electron chi connectivity index (χ1n) is 6.95. The SMILES string of the molecule is CC(=O)c1ccc(NC(=O)Cc2cn3ccccc3n2)cc1. The van der Waals surface area contributed by atoms with Crippen molar-refractivity contribution in [3.05, 3.63) is 66.1 Å². The van der Waals surface area contributed by atoms with Crippen LogP contribution >= 0.6 is 0 Å². The monoisotopic (exact) mass is 293 g/mol. The van der Waals surface area contributed by atoms with Gasteiger partial charge in [0.25, 0.3) is 0 Å². The fourth-order valence-electron chi connectivity index (χ4n) is 2.23. The summed E-state index contributed by atoms with van der Waals surface area (Å²) in [4.78, 5) is 27.6. The Bertz CT molecular complexity index is 801. The second kappa shape index (κ2) is 5.81. The molecule has 5 heteroatoms. The molecule has 0 bridgehead atoms. The van der Waals surface area contributed by atoms with Crippen LogP contribution in [0, 0.1) is 0 Å². The zero-order valence-electron chi connectivity index (χ0n) is 12.1. The van der Waals surface area contributed by atoms with Crippen LogP contribution < -0.4 is 5.32 Å². The minimum absolute atomic E-state index is 0.00239. The van der Waals surface area contributed by atoms with Crippen LogP contribution in [0.5, 0.6) is 0 Å². The van der Waals surface area contributed by atoms with Crippen molar-refractivity contribution in [2.24, 2.45) is 0 Å². The summed E-state index contributed by atoms with van der Waals surface area (Å²) in [6, 6.07) is 12.5. The zero-order valence-corrected chi connectivity index (χ0v) is 12.1. The number of amides is 1. The lowest BCUT2D eigenvalue weighted by molar-refractivity contribution is -0.115. The Morgan fingerprint density at radius 1 is 1.14 bits per heavy atom. The molecule has 0 saturated heterocycles. The van der Waals surface area contributed by atoms with Gasteiger partial charge in [-0.2, -0.15) is 0 Å². The topological polar surface area (TPSA) is 63.5 Å². The number of benzene rings is 1. The first-order chi connectivity index (χ1) is 10.6. The number of imidazole rings is 1. The third-order valence-electron chi connectivity index (χ3n) is 3.33. The molecule has 1 aromatic carbocycles. The Kier molecular flexibility index (Phi) is 3.70. The molecule has 2 aromatic heterocycles. The molecule has 1 amide bonds. The number of hydrogen-bond donors (Lipinski definition) is 1. The summed E-state index contributed by atoms with van der Waals surface area (Å²) in [5, 5.41) is 2.80. The number of hydrogen-bond acceptors (Lipinski definition) is 3. The average Bonchev–Trinajstić information content (AvgIpc) is 2.89. The number of nitrogens with zero attached hydrogens (tertiary/aromatic N) is 2. The van der Waals surface area contributed by atoms with Crippen molar-refractivity contribution < 1.29 is 9.59 Å². The minimum Gasteiger partial charge on any atom is -0.326 e. The van der Waals surface area contributed by atoms with Crippen molar-refractivity contribution >= 4 is 23.0 Å². The maximum atomic E-state index is 12.1. The van der Waals surface area contributed by atoms with Gasteiger partial charge in [-0.05, 0) is 43.3 Å². The number of carbonyl (C=O) groups excluding carboxylic acids is 2. The van der Waals surface area contributed by atoms with Gasteiger partial charge < -0.3 is 9.72 Å². The minimum atomic E-state index is -0.140. The number of rotatable bonds is 4. The van der Waals surface area contributed by atoms with Gasteiger partial charge >= 0.3 is 0 Å². The van der Waals surface area contributed by atoms with Crippen LogP contribution in [-0.4, -0.2) is 21.1 Å². The molecule has 110 valence electrons. The van der Waals surface area contributed by atoms with E-state index in [2.05, 4.69) is 10.3 Å². The predicted molar refractivity (Wildman–Crippen MR) is 84.0 cm³/mol. The third-order valence-corrected chi connectivity index (χ3v) is 3.33. The van der Waals surface area contributed by atoms with Crippen LogP contribution in [0.4, 0.5) is 5.69 Å². The number of carbonyl (C=O) groups is 2. The smallest absolute Gasteiger partial charge is 0.230 e. The van der Waals surface area contributed by atoms with Gasteiger partial charge in [-0.15, -0.1) is 0 Å². The number of pyridine rings is 1. The molecule has 3 aromatic rings. The Balaban J connectivity index is 1.68. The predicted octanol–water partition coefficient (Wildman–Crippen LogP) is 2.72. The van der Waals surface area contributed by atoms with E-state index in [9.17, 15) is 9.59 Å². The van der Waals surface area contributed by atoms with Crippen LogP contribution in [0.3, 0.4) is 0 Å². The van der Waals surface area contributed by atoms with E-state index in [1.165, 1.54) is 6.92 Å². The summed E-state index contributed by atoms with van der Waals surface area (Å²) in [6.07, 6.45) is 3.94. The summed E-state index contributed by atoms with van der Waals surface area (Å²) in [6.45, 7) is 1.51. The number of Topliss-reactive ketones (excluding diaryl/α,β-unsaturated/α-hetero) is 1. The van der Waals surface area contributed by atoms with Crippen LogP contribution in [0.25, 0.3) is 5.65 Å². The van der Waals surface area contributed by atoms with Crippen LogP contribution in [-0.2, 0) is 11.2 Å². The number of aromatic nitrogens is 2. The highest BCUT2D eigenvalue weighted by molar-refractivity contribution is 5.96. The molecule has 3 rings (SSSR count). The zero-order chi connectivity index (χ0) is 15.5. The average molecular weight is 293 g/mol. The highest BCUT2D eigenvalue weighted by atomic mass is 16.1. The highest BCUT2D eigenvalue weighted by Crippen LogP contribution is 2.11. The van der Waals surface area contributed by atoms with E-state index in [1.807, 2.05) is 35.0 Å². The second-order valence-electron chi connectivity index (χ2n) is 5.06. The lowest BCUT2D eigenvalue weighted by atomic mass is 10.1. The molecule has 0 aliphatic heterocycles. The maximum absolute atomic E-state index is 12.1. The Morgan fingerprint density at radius 2 is 1.91 bits per heavy atom. The maximum Gasteiger partial charge on any atom is 0.230 e. The molecule has 0 aliphatic carbocycles. The number of fused-ring (bicyclic) bond motifs is 1. The molecule has 0 radical (unpaired) electrons. The summed E-state index contributed by atoms with van der Waals surface area (Å²) >= 11 is 0. The molecule has 0 spiro atoms. The number of nitrogens with one attached hydrogen (secondary N) is 1. The Labute approximate surface area is 127 Å². The standard InChI is InChI=1S/C17H15N3O2/c1-12(21)13-5-7-14(8-6-13)19-17(22)10-15-11-20-9-3-2-4-16(20)18-15/h2-9,11H,10H2,1H3,(H,19,22). The van der Waals surface area contributed by atoms with Gasteiger partial charge in [-0.1, -0.05) is 6.07 Å². The molecular formula is C17H15N3O2. The molecule has 0 saturated carbocycles. The normalized spacial score (nSPS) is 10.6. The van der Waals surface area contributed by atoms with Gasteiger partial charge in [0, 0.05) is 23.6 Å². The lowest BCUT2D eigenvalue weighted by Crippen LogP contribution is -2.14. The van der Waals surface area contributed by atoms with Gasteiger partial charge in [0.15, 0.2) is 5.78 Å². The largest absolute Gasteiger partial charge is 0.326 e. The van der Waals surface area contributed by atoms with Crippen molar-refractivity contribution in [3.8, 4) is 0 Å². The van der Waals surface area contributed by atoms with E-state index in [4.69, 9.17) is 0 Å². The molecular weight excluding hydrogens is 278 g/mol. The van der Waals surface area contributed by atoms with Gasteiger partial charge in [0.05, 0.1) is 12.1 Å². The van der Waals surface area contributed by atoms with Crippen molar-refractivity contribution in [2.75, 3.05) is 5.32 Å². The van der Waals surface area contributed by atoms with Crippen molar-refractivity contribution in [2.45, 2.75) is 13.3 Å². The van der Waals surface area contributed by atoms with Gasteiger partial charge in [-0.25, -0.2) is 4.98 Å². The van der Waals surface area contributed by atoms with E-state index in [-0.39, 0.29) is 18.1 Å². The van der Waals surface area contributed by atoms with Gasteiger partial charge in [0.2, 0.25) is 5.91 Å². The molecule has 5 nitrogen and oxygen atoms in total. The Morgan fingerprint density at radius 3 is 2.59 bits per heavy atom. The van der Waals surface area contributed by atoms with E-state index in [1.54, 1.807) is 24.3 Å². The molecule has 22 heavy (non-hydrogen) atoms. The van der Waals surface area contributed by atoms with Crippen molar-refractivity contribution in [1.82, 2.24) is 9.38 Å². The summed E-state index contributed by atoms with van der Waals surface area (Å²) in [5.74, 6) is -0.137. The molecule has 1 N–H and O–H groups in total. The lowest BCUT2D eigenvalue weighted by Gasteiger charge is -2.04. The molecule has 0 fully saturated rings. The summed E-state index contributed by atoms with van der Waals surface area (Å²) < 4.78 is 1.88. The summed E-state index contributed by atoms with van der Waals surface area (Å²) in [5.41, 5.74) is 2.82. The van der Waals surface area contributed by atoms with Crippen LogP contribution in [0.15, 0.2) is 54.9 Å². The van der Waals surface area contributed by atoms with Gasteiger partial charge in [0.1, 0.15) is 5.65 Å². The molecule has 0 atom stereocenters. The first kappa shape index (κ1) is 14.0. The van der Waals surface area contributed by atoms with Gasteiger partial charge in [-0.3, -0.25) is 9.59 Å². The van der Waals surface area contributed by atoms with E-state index >= 15 is 0 Å². The van der Waals surface area contributed by atoms with Crippen LogP contribution in [0.2, 0.25) is 0 Å². The van der Waals surface area contributed by atoms with E-state index < -0.39 is 0 Å². The number of ketones is 1. The summed E-state index contributed by atoms with van der Waals surface area (Å²) in [7, 11) is 0. The molecule has 0 unspecified atom stereocenters. The first-order valence-corrected chi connectivity index (χ1v) is 6.95. The van der Waals surface area contributed by atoms with Crippen molar-refractivity contribution in [3.63, 3.8) is 0 Å². The number of anilines is 1. The third kappa shape index (κ3) is 3.03. The van der Waals surface area contributed by atoms with E-state index in [0.29, 0.717) is 16.9 Å². The van der Waals surface area contributed by atoms with Crippen LogP contribution in [0.1, 0.15) is 23.0 Å². The van der Waals surface area contributed by atoms with Crippen molar-refractivity contribution in [1.29, 1.82) is 0 Å².